The van der Waals surface area contributed by atoms with Crippen LogP contribution in [-0.2, 0) is 0 Å². The number of aryl methyl sites for hydroxylation is 1. The van der Waals surface area contributed by atoms with Gasteiger partial charge in [0.1, 0.15) is 0 Å². The van der Waals surface area contributed by atoms with Crippen molar-refractivity contribution >= 4 is 39.5 Å². The minimum atomic E-state index is 0.0455. The maximum Gasteiger partial charge on any atom is 0.188 e. The molecule has 0 amide bonds. The number of carbonyl (C=O) groups excluding carboxylic acids is 1. The quantitative estimate of drug-likeness (QED) is 0.852. The fourth-order valence-electron chi connectivity index (χ4n) is 1.43. The van der Waals surface area contributed by atoms with Gasteiger partial charge in [0.25, 0.3) is 0 Å². The largest absolute Gasteiger partial charge is 0.332 e. The second-order valence-corrected chi connectivity index (χ2v) is 5.06. The number of nitrogens with zero attached hydrogens (tertiary/aromatic N) is 1. The molecular formula is C12H11ClN2OS. The summed E-state index contributed by atoms with van der Waals surface area (Å²) in [5.41, 5.74) is 1.66. The Morgan fingerprint density at radius 1 is 1.35 bits per heavy atom. The first-order chi connectivity index (χ1) is 8.06. The van der Waals surface area contributed by atoms with E-state index in [1.807, 2.05) is 19.1 Å². The number of nitrogens with one attached hydrogen (secondary N) is 1. The average molecular weight is 267 g/mol. The van der Waals surface area contributed by atoms with Crippen LogP contribution in [-0.4, -0.2) is 10.8 Å². The third kappa shape index (κ3) is 2.84. The number of benzene rings is 1. The molecule has 1 heterocycles. The summed E-state index contributed by atoms with van der Waals surface area (Å²) in [4.78, 5) is 16.3. The number of Topliss-reactive ketones (excluding diaryl/α,β-unsaturated/α-hetero) is 1. The molecule has 3 nitrogen and oxygen atoms in total. The van der Waals surface area contributed by atoms with E-state index in [0.29, 0.717) is 9.90 Å². The molecule has 0 bridgehead atoms. The van der Waals surface area contributed by atoms with Crippen molar-refractivity contribution < 1.29 is 4.79 Å². The van der Waals surface area contributed by atoms with Gasteiger partial charge in [-0.15, -0.1) is 0 Å². The van der Waals surface area contributed by atoms with Gasteiger partial charge in [0.2, 0.25) is 0 Å². The fourth-order valence-corrected chi connectivity index (χ4v) is 2.44. The van der Waals surface area contributed by atoms with Crippen LogP contribution in [0.15, 0.2) is 24.3 Å². The second-order valence-electron chi connectivity index (χ2n) is 3.62. The minimum absolute atomic E-state index is 0.0455. The van der Waals surface area contributed by atoms with Crippen molar-refractivity contribution in [2.45, 2.75) is 13.8 Å². The van der Waals surface area contributed by atoms with Crippen LogP contribution in [0.3, 0.4) is 0 Å². The molecule has 2 aromatic rings. The van der Waals surface area contributed by atoms with E-state index in [-0.39, 0.29) is 5.78 Å². The molecule has 0 atom stereocenters. The van der Waals surface area contributed by atoms with E-state index >= 15 is 0 Å². The van der Waals surface area contributed by atoms with Crippen molar-refractivity contribution in [3.8, 4) is 0 Å². The van der Waals surface area contributed by atoms with Gasteiger partial charge in [-0.2, -0.15) is 0 Å². The van der Waals surface area contributed by atoms with E-state index in [9.17, 15) is 4.79 Å². The molecule has 0 spiro atoms. The number of hydrogen-bond acceptors (Lipinski definition) is 4. The maximum absolute atomic E-state index is 11.3. The fraction of sp³-hybridized carbons (Fsp3) is 0.167. The van der Waals surface area contributed by atoms with Crippen LogP contribution >= 0.6 is 22.9 Å². The van der Waals surface area contributed by atoms with Crippen LogP contribution in [0.1, 0.15) is 22.3 Å². The predicted octanol–water partition coefficient (Wildman–Crippen LogP) is 4.05. The van der Waals surface area contributed by atoms with Gasteiger partial charge in [0, 0.05) is 17.6 Å². The minimum Gasteiger partial charge on any atom is -0.332 e. The lowest BCUT2D eigenvalue weighted by molar-refractivity contribution is 0.102. The summed E-state index contributed by atoms with van der Waals surface area (Å²) in [6.07, 6.45) is 0. The van der Waals surface area contributed by atoms with Crippen molar-refractivity contribution in [3.05, 3.63) is 39.9 Å². The Hall–Kier alpha value is -1.39. The van der Waals surface area contributed by atoms with Gasteiger partial charge >= 0.3 is 0 Å². The molecular weight excluding hydrogens is 256 g/mol. The molecule has 0 fully saturated rings. The summed E-state index contributed by atoms with van der Waals surface area (Å²) >= 11 is 7.16. The number of anilines is 2. The Morgan fingerprint density at radius 3 is 2.53 bits per heavy atom. The number of hydrogen-bond donors (Lipinski definition) is 1. The molecule has 1 aromatic carbocycles. The zero-order chi connectivity index (χ0) is 12.4. The molecule has 5 heteroatoms. The molecule has 1 N–H and O–H groups in total. The standard InChI is InChI=1S/C12H11ClN2OS/c1-7-11(8(2)16)17-12(14-7)15-10-5-3-9(13)4-6-10/h3-6H,1-2H3,(H,14,15). The Labute approximate surface area is 108 Å². The zero-order valence-electron chi connectivity index (χ0n) is 9.45. The first kappa shape index (κ1) is 12.1. The highest BCUT2D eigenvalue weighted by Gasteiger charge is 2.11. The summed E-state index contributed by atoms with van der Waals surface area (Å²) < 4.78 is 0. The van der Waals surface area contributed by atoms with Crippen molar-refractivity contribution in [1.29, 1.82) is 0 Å². The van der Waals surface area contributed by atoms with Gasteiger partial charge in [-0.1, -0.05) is 22.9 Å². The van der Waals surface area contributed by atoms with Crippen LogP contribution in [0, 0.1) is 6.92 Å². The van der Waals surface area contributed by atoms with E-state index in [0.717, 1.165) is 16.5 Å². The Balaban J connectivity index is 2.22. The third-order valence-corrected chi connectivity index (χ3v) is 3.64. The van der Waals surface area contributed by atoms with Crippen LogP contribution in [0.2, 0.25) is 5.02 Å². The molecule has 17 heavy (non-hydrogen) atoms. The van der Waals surface area contributed by atoms with Gasteiger partial charge in [0.05, 0.1) is 10.6 Å². The average Bonchev–Trinajstić information content (AvgIpc) is 2.63. The highest BCUT2D eigenvalue weighted by Crippen LogP contribution is 2.26. The Kier molecular flexibility index (Phi) is 3.45. The van der Waals surface area contributed by atoms with Gasteiger partial charge in [0.15, 0.2) is 10.9 Å². The van der Waals surface area contributed by atoms with Crippen LogP contribution in [0.5, 0.6) is 0 Å². The molecule has 0 radical (unpaired) electrons. The molecule has 0 saturated heterocycles. The van der Waals surface area contributed by atoms with Gasteiger partial charge in [-0.05, 0) is 31.2 Å². The number of thiazole rings is 1. The molecule has 0 aliphatic carbocycles. The summed E-state index contributed by atoms with van der Waals surface area (Å²) in [5, 5.41) is 4.55. The lowest BCUT2D eigenvalue weighted by Gasteiger charge is -2.01. The number of aromatic nitrogens is 1. The van der Waals surface area contributed by atoms with E-state index in [1.54, 1.807) is 19.1 Å². The van der Waals surface area contributed by atoms with Crippen molar-refractivity contribution in [3.63, 3.8) is 0 Å². The highest BCUT2D eigenvalue weighted by atomic mass is 35.5. The smallest absolute Gasteiger partial charge is 0.188 e. The SMILES string of the molecule is CC(=O)c1sc(Nc2ccc(Cl)cc2)nc1C. The van der Waals surface area contributed by atoms with Crippen LogP contribution in [0.4, 0.5) is 10.8 Å². The Morgan fingerprint density at radius 2 is 2.00 bits per heavy atom. The van der Waals surface area contributed by atoms with Gasteiger partial charge in [-0.25, -0.2) is 4.98 Å². The zero-order valence-corrected chi connectivity index (χ0v) is 11.0. The number of rotatable bonds is 3. The predicted molar refractivity (Wildman–Crippen MR) is 71.6 cm³/mol. The Bertz CT molecular complexity index is 548. The second kappa shape index (κ2) is 4.85. The first-order valence-electron chi connectivity index (χ1n) is 5.07. The molecule has 0 saturated carbocycles. The highest BCUT2D eigenvalue weighted by molar-refractivity contribution is 7.17. The summed E-state index contributed by atoms with van der Waals surface area (Å²) in [6, 6.07) is 7.34. The van der Waals surface area contributed by atoms with Gasteiger partial charge < -0.3 is 5.32 Å². The maximum atomic E-state index is 11.3. The molecule has 0 aliphatic rings. The van der Waals surface area contributed by atoms with E-state index in [2.05, 4.69) is 10.3 Å². The van der Waals surface area contributed by atoms with Crippen molar-refractivity contribution in [2.75, 3.05) is 5.32 Å². The lowest BCUT2D eigenvalue weighted by Crippen LogP contribution is -1.90. The monoisotopic (exact) mass is 266 g/mol. The van der Waals surface area contributed by atoms with Gasteiger partial charge in [-0.3, -0.25) is 4.79 Å². The van der Waals surface area contributed by atoms with E-state index < -0.39 is 0 Å². The number of halogens is 1. The molecule has 2 rings (SSSR count). The number of ketones is 1. The first-order valence-corrected chi connectivity index (χ1v) is 6.26. The van der Waals surface area contributed by atoms with Crippen molar-refractivity contribution in [1.82, 2.24) is 4.98 Å². The van der Waals surface area contributed by atoms with E-state index in [4.69, 9.17) is 11.6 Å². The van der Waals surface area contributed by atoms with Crippen molar-refractivity contribution in [2.24, 2.45) is 0 Å². The van der Waals surface area contributed by atoms with Crippen LogP contribution < -0.4 is 5.32 Å². The lowest BCUT2D eigenvalue weighted by atomic mass is 10.3. The van der Waals surface area contributed by atoms with Crippen LogP contribution in [0.25, 0.3) is 0 Å². The molecule has 88 valence electrons. The topological polar surface area (TPSA) is 42.0 Å². The number of carbonyl (C=O) groups is 1. The molecule has 1 aromatic heterocycles. The normalized spacial score (nSPS) is 10.3. The summed E-state index contributed by atoms with van der Waals surface area (Å²) in [5.74, 6) is 0.0455. The molecule has 0 unspecified atom stereocenters. The summed E-state index contributed by atoms with van der Waals surface area (Å²) in [6.45, 7) is 3.38. The van der Waals surface area contributed by atoms with E-state index in [1.165, 1.54) is 11.3 Å². The summed E-state index contributed by atoms with van der Waals surface area (Å²) in [7, 11) is 0. The third-order valence-electron chi connectivity index (χ3n) is 2.21. The molecule has 0 aliphatic heterocycles.